The van der Waals surface area contributed by atoms with E-state index in [1.807, 2.05) is 12.3 Å². The maximum atomic E-state index is 10.7. The molecule has 0 atom stereocenters. The van der Waals surface area contributed by atoms with Gasteiger partial charge in [-0.25, -0.2) is 0 Å². The number of rotatable bonds is 1. The van der Waals surface area contributed by atoms with Crippen molar-refractivity contribution in [3.8, 4) is 0 Å². The molecule has 5 nitrogen and oxygen atoms in total. The first kappa shape index (κ1) is 10.1. The van der Waals surface area contributed by atoms with Gasteiger partial charge in [-0.05, 0) is 24.5 Å². The third-order valence-corrected chi connectivity index (χ3v) is 3.31. The maximum absolute atomic E-state index is 10.7. The number of nitro groups is 1. The Morgan fingerprint density at radius 2 is 2.24 bits per heavy atom. The van der Waals surface area contributed by atoms with Gasteiger partial charge in [-0.1, -0.05) is 0 Å². The molecule has 1 aromatic carbocycles. The molecule has 0 aliphatic carbocycles. The molecule has 0 amide bonds. The van der Waals surface area contributed by atoms with Crippen molar-refractivity contribution >= 4 is 11.4 Å². The molecule has 5 heteroatoms. The first-order valence-electron chi connectivity index (χ1n) is 5.73. The monoisotopic (exact) mass is 231 g/mol. The average molecular weight is 231 g/mol. The lowest BCUT2D eigenvalue weighted by Crippen LogP contribution is -2.38. The van der Waals surface area contributed by atoms with Crippen molar-refractivity contribution in [2.24, 2.45) is 0 Å². The highest BCUT2D eigenvalue weighted by Crippen LogP contribution is 2.35. The number of hydrogen-bond donors (Lipinski definition) is 1. The summed E-state index contributed by atoms with van der Waals surface area (Å²) in [6.07, 6.45) is 3.87. The lowest BCUT2D eigenvalue weighted by Gasteiger charge is -2.36. The molecule has 0 fully saturated rings. The molecule has 1 N–H and O–H groups in total. The quantitative estimate of drug-likeness (QED) is 0.591. The number of nitro benzene ring substituents is 1. The van der Waals surface area contributed by atoms with Crippen molar-refractivity contribution in [1.29, 1.82) is 0 Å². The summed E-state index contributed by atoms with van der Waals surface area (Å²) in [5.41, 5.74) is 3.66. The lowest BCUT2D eigenvalue weighted by molar-refractivity contribution is -0.384. The fourth-order valence-corrected chi connectivity index (χ4v) is 2.48. The minimum absolute atomic E-state index is 0.186. The first-order valence-corrected chi connectivity index (χ1v) is 5.73. The molecule has 2 aliphatic heterocycles. The Morgan fingerprint density at radius 1 is 1.35 bits per heavy atom. The number of hydrogen-bond acceptors (Lipinski definition) is 4. The molecule has 88 valence electrons. The molecule has 0 unspecified atom stereocenters. The molecule has 0 bridgehead atoms. The Balaban J connectivity index is 2.04. The molecular weight excluding hydrogens is 218 g/mol. The van der Waals surface area contributed by atoms with Gasteiger partial charge in [0.1, 0.15) is 0 Å². The van der Waals surface area contributed by atoms with Crippen molar-refractivity contribution in [3.63, 3.8) is 0 Å². The SMILES string of the molecule is O=[N+]([O-])c1ccc2c(c1)CCC1=CNCCN12. The summed E-state index contributed by atoms with van der Waals surface area (Å²) in [5.74, 6) is 0. The largest absolute Gasteiger partial charge is 0.388 e. The zero-order chi connectivity index (χ0) is 11.8. The van der Waals surface area contributed by atoms with E-state index < -0.39 is 0 Å². The highest BCUT2D eigenvalue weighted by Gasteiger charge is 2.24. The average Bonchev–Trinajstić information content (AvgIpc) is 2.38. The summed E-state index contributed by atoms with van der Waals surface area (Å²) in [4.78, 5) is 12.7. The summed E-state index contributed by atoms with van der Waals surface area (Å²) in [5, 5.41) is 14.0. The Hall–Kier alpha value is -2.04. The van der Waals surface area contributed by atoms with Crippen LogP contribution in [0.5, 0.6) is 0 Å². The molecular formula is C12H13N3O2. The number of benzene rings is 1. The van der Waals surface area contributed by atoms with Crippen molar-refractivity contribution < 1.29 is 4.92 Å². The number of non-ortho nitro benzene ring substituents is 1. The Bertz CT molecular complexity index is 510. The number of nitrogens with zero attached hydrogens (tertiary/aromatic N) is 2. The predicted octanol–water partition coefficient (Wildman–Crippen LogP) is 1.79. The number of aryl methyl sites for hydroxylation is 1. The summed E-state index contributed by atoms with van der Waals surface area (Å²) in [6.45, 7) is 1.84. The van der Waals surface area contributed by atoms with Gasteiger partial charge in [0.25, 0.3) is 5.69 Å². The topological polar surface area (TPSA) is 58.4 Å². The molecule has 2 aliphatic rings. The Kier molecular flexibility index (Phi) is 2.24. The Labute approximate surface area is 98.9 Å². The van der Waals surface area contributed by atoms with Crippen molar-refractivity contribution in [2.75, 3.05) is 18.0 Å². The standard InChI is InChI=1S/C12H13N3O2/c16-15(17)10-3-4-12-9(7-10)1-2-11-8-13-5-6-14(11)12/h3-4,7-8,13H,1-2,5-6H2. The highest BCUT2D eigenvalue weighted by atomic mass is 16.6. The third-order valence-electron chi connectivity index (χ3n) is 3.31. The Morgan fingerprint density at radius 3 is 3.06 bits per heavy atom. The van der Waals surface area contributed by atoms with Gasteiger partial charge in [0.05, 0.1) is 4.92 Å². The van der Waals surface area contributed by atoms with Crippen molar-refractivity contribution in [3.05, 3.63) is 45.8 Å². The van der Waals surface area contributed by atoms with E-state index in [4.69, 9.17) is 0 Å². The number of fused-ring (bicyclic) bond motifs is 3. The molecule has 17 heavy (non-hydrogen) atoms. The summed E-state index contributed by atoms with van der Waals surface area (Å²) in [6, 6.07) is 5.16. The molecule has 0 saturated carbocycles. The van der Waals surface area contributed by atoms with Crippen LogP contribution in [-0.4, -0.2) is 18.0 Å². The molecule has 3 rings (SSSR count). The molecule has 0 radical (unpaired) electrons. The van der Waals surface area contributed by atoms with Gasteiger partial charge >= 0.3 is 0 Å². The minimum atomic E-state index is -0.330. The van der Waals surface area contributed by atoms with E-state index in [0.29, 0.717) is 0 Å². The van der Waals surface area contributed by atoms with Gasteiger partial charge in [-0.2, -0.15) is 0 Å². The zero-order valence-corrected chi connectivity index (χ0v) is 9.35. The second-order valence-electron chi connectivity index (χ2n) is 4.31. The third kappa shape index (κ3) is 1.63. The minimum Gasteiger partial charge on any atom is -0.388 e. The fraction of sp³-hybridized carbons (Fsp3) is 0.333. The van der Waals surface area contributed by atoms with Crippen LogP contribution in [0, 0.1) is 10.1 Å². The van der Waals surface area contributed by atoms with Crippen molar-refractivity contribution in [2.45, 2.75) is 12.8 Å². The van der Waals surface area contributed by atoms with E-state index >= 15 is 0 Å². The molecule has 1 aromatic rings. The number of nitrogens with one attached hydrogen (secondary N) is 1. The number of allylic oxidation sites excluding steroid dienone is 1. The molecule has 0 spiro atoms. The molecule has 0 saturated heterocycles. The van der Waals surface area contributed by atoms with Crippen molar-refractivity contribution in [1.82, 2.24) is 5.32 Å². The van der Waals surface area contributed by atoms with Crippen LogP contribution in [-0.2, 0) is 6.42 Å². The van der Waals surface area contributed by atoms with Crippen LogP contribution in [0.25, 0.3) is 0 Å². The lowest BCUT2D eigenvalue weighted by atomic mass is 9.98. The van der Waals surface area contributed by atoms with Gasteiger partial charge < -0.3 is 10.2 Å². The van der Waals surface area contributed by atoms with E-state index in [0.717, 1.165) is 37.2 Å². The van der Waals surface area contributed by atoms with E-state index in [2.05, 4.69) is 10.2 Å². The summed E-state index contributed by atoms with van der Waals surface area (Å²) >= 11 is 0. The number of anilines is 1. The molecule has 2 heterocycles. The fourth-order valence-electron chi connectivity index (χ4n) is 2.48. The van der Waals surface area contributed by atoms with Gasteiger partial charge in [0, 0.05) is 42.8 Å². The van der Waals surface area contributed by atoms with Crippen LogP contribution in [0.4, 0.5) is 11.4 Å². The van der Waals surface area contributed by atoms with E-state index in [-0.39, 0.29) is 10.6 Å². The summed E-state index contributed by atoms with van der Waals surface area (Å²) in [7, 11) is 0. The molecule has 0 aromatic heterocycles. The summed E-state index contributed by atoms with van der Waals surface area (Å²) < 4.78 is 0. The van der Waals surface area contributed by atoms with Gasteiger partial charge in [0.15, 0.2) is 0 Å². The van der Waals surface area contributed by atoms with Gasteiger partial charge in [0.2, 0.25) is 0 Å². The second-order valence-corrected chi connectivity index (χ2v) is 4.31. The van der Waals surface area contributed by atoms with Gasteiger partial charge in [-0.3, -0.25) is 10.1 Å². The van der Waals surface area contributed by atoms with Crippen LogP contribution in [0.15, 0.2) is 30.1 Å². The maximum Gasteiger partial charge on any atom is 0.269 e. The van der Waals surface area contributed by atoms with E-state index in [1.54, 1.807) is 12.1 Å². The van der Waals surface area contributed by atoms with E-state index in [1.165, 1.54) is 5.70 Å². The van der Waals surface area contributed by atoms with Crippen LogP contribution in [0.2, 0.25) is 0 Å². The van der Waals surface area contributed by atoms with Crippen LogP contribution >= 0.6 is 0 Å². The first-order chi connectivity index (χ1) is 8.25. The van der Waals surface area contributed by atoms with E-state index in [9.17, 15) is 10.1 Å². The second kappa shape index (κ2) is 3.76. The normalized spacial score (nSPS) is 17.6. The van der Waals surface area contributed by atoms with Crippen LogP contribution in [0.3, 0.4) is 0 Å². The van der Waals surface area contributed by atoms with Gasteiger partial charge in [-0.15, -0.1) is 0 Å². The van der Waals surface area contributed by atoms with Crippen LogP contribution in [0.1, 0.15) is 12.0 Å². The van der Waals surface area contributed by atoms with Crippen LogP contribution < -0.4 is 10.2 Å². The smallest absolute Gasteiger partial charge is 0.269 e. The zero-order valence-electron chi connectivity index (χ0n) is 9.35. The predicted molar refractivity (Wildman–Crippen MR) is 64.8 cm³/mol. The highest BCUT2D eigenvalue weighted by molar-refractivity contribution is 5.64.